The van der Waals surface area contributed by atoms with Crippen molar-refractivity contribution in [2.24, 2.45) is 0 Å². The molecule has 0 radical (unpaired) electrons. The van der Waals surface area contributed by atoms with Gasteiger partial charge in [0, 0.05) is 36.8 Å². The summed E-state index contributed by atoms with van der Waals surface area (Å²) in [6.45, 7) is 1.10. The SMILES string of the molecule is CN(C1CCN(C(=O)c2cccc(Cl)c2)CC1)S(C)(=O)=O. The van der Waals surface area contributed by atoms with Gasteiger partial charge < -0.3 is 4.90 Å². The number of rotatable bonds is 3. The Morgan fingerprint density at radius 2 is 1.95 bits per heavy atom. The van der Waals surface area contributed by atoms with Gasteiger partial charge in [0.2, 0.25) is 10.0 Å². The van der Waals surface area contributed by atoms with Gasteiger partial charge in [-0.2, -0.15) is 0 Å². The number of piperidine rings is 1. The first-order valence-electron chi connectivity index (χ1n) is 6.77. The molecule has 1 aliphatic heterocycles. The normalized spacial score (nSPS) is 17.2. The van der Waals surface area contributed by atoms with Gasteiger partial charge in [0.05, 0.1) is 6.26 Å². The van der Waals surface area contributed by atoms with E-state index in [-0.39, 0.29) is 11.9 Å². The highest BCUT2D eigenvalue weighted by Crippen LogP contribution is 2.20. The quantitative estimate of drug-likeness (QED) is 0.849. The molecule has 0 spiro atoms. The number of carbonyl (C=O) groups is 1. The standard InChI is InChI=1S/C14H19ClN2O3S/c1-16(21(2,19)20)13-6-8-17(9-7-13)14(18)11-4-3-5-12(15)10-11/h3-5,10,13H,6-9H2,1-2H3. The fourth-order valence-electron chi connectivity index (χ4n) is 2.51. The van der Waals surface area contributed by atoms with Gasteiger partial charge in [-0.15, -0.1) is 0 Å². The van der Waals surface area contributed by atoms with Gasteiger partial charge in [-0.1, -0.05) is 17.7 Å². The lowest BCUT2D eigenvalue weighted by Gasteiger charge is -2.35. The molecule has 21 heavy (non-hydrogen) atoms. The van der Waals surface area contributed by atoms with Gasteiger partial charge in [0.1, 0.15) is 0 Å². The summed E-state index contributed by atoms with van der Waals surface area (Å²) in [5.41, 5.74) is 0.567. The minimum atomic E-state index is -3.19. The smallest absolute Gasteiger partial charge is 0.253 e. The second kappa shape index (κ2) is 6.34. The number of amides is 1. The van der Waals surface area contributed by atoms with Crippen LogP contribution in [-0.4, -0.2) is 56.0 Å². The van der Waals surface area contributed by atoms with E-state index in [9.17, 15) is 13.2 Å². The van der Waals surface area contributed by atoms with E-state index in [1.807, 2.05) is 0 Å². The minimum absolute atomic E-state index is 0.0385. The van der Waals surface area contributed by atoms with E-state index >= 15 is 0 Å². The lowest BCUT2D eigenvalue weighted by Crippen LogP contribution is -2.47. The van der Waals surface area contributed by atoms with E-state index < -0.39 is 10.0 Å². The zero-order valence-electron chi connectivity index (χ0n) is 12.1. The molecule has 116 valence electrons. The zero-order chi connectivity index (χ0) is 15.6. The van der Waals surface area contributed by atoms with Crippen molar-refractivity contribution in [3.8, 4) is 0 Å². The predicted octanol–water partition coefficient (Wildman–Crippen LogP) is 1.84. The molecule has 0 aromatic heterocycles. The Kier molecular flexibility index (Phi) is 4.91. The molecule has 1 aliphatic rings. The molecule has 5 nitrogen and oxygen atoms in total. The highest BCUT2D eigenvalue weighted by molar-refractivity contribution is 7.88. The fourth-order valence-corrected chi connectivity index (χ4v) is 3.45. The van der Waals surface area contributed by atoms with Crippen molar-refractivity contribution < 1.29 is 13.2 Å². The van der Waals surface area contributed by atoms with Crippen molar-refractivity contribution >= 4 is 27.5 Å². The molecular formula is C14H19ClN2O3S. The van der Waals surface area contributed by atoms with Crippen LogP contribution in [-0.2, 0) is 10.0 Å². The molecule has 1 aromatic carbocycles. The average Bonchev–Trinajstić information content (AvgIpc) is 2.45. The van der Waals surface area contributed by atoms with E-state index in [0.717, 1.165) is 0 Å². The number of hydrogen-bond acceptors (Lipinski definition) is 3. The lowest BCUT2D eigenvalue weighted by atomic mass is 10.0. The van der Waals surface area contributed by atoms with Crippen LogP contribution in [0.2, 0.25) is 5.02 Å². The Balaban J connectivity index is 2.00. The first-order chi connectivity index (χ1) is 9.79. The third kappa shape index (κ3) is 3.96. The summed E-state index contributed by atoms with van der Waals surface area (Å²) in [6, 6.07) is 6.83. The number of halogens is 1. The Bertz CT molecular complexity index is 625. The summed E-state index contributed by atoms with van der Waals surface area (Å²) in [5.74, 6) is -0.0574. The monoisotopic (exact) mass is 330 g/mol. The molecular weight excluding hydrogens is 312 g/mol. The van der Waals surface area contributed by atoms with Crippen LogP contribution in [0.4, 0.5) is 0 Å². The molecule has 0 atom stereocenters. The molecule has 0 saturated carbocycles. The Morgan fingerprint density at radius 1 is 1.33 bits per heavy atom. The summed E-state index contributed by atoms with van der Waals surface area (Å²) in [7, 11) is -1.59. The first kappa shape index (κ1) is 16.3. The molecule has 0 bridgehead atoms. The maximum absolute atomic E-state index is 12.4. The fraction of sp³-hybridized carbons (Fsp3) is 0.500. The molecule has 7 heteroatoms. The summed E-state index contributed by atoms with van der Waals surface area (Å²) in [4.78, 5) is 14.1. The van der Waals surface area contributed by atoms with Crippen molar-refractivity contribution in [2.45, 2.75) is 18.9 Å². The van der Waals surface area contributed by atoms with Crippen LogP contribution in [0.3, 0.4) is 0 Å². The topological polar surface area (TPSA) is 57.7 Å². The molecule has 0 unspecified atom stereocenters. The maximum atomic E-state index is 12.4. The van der Waals surface area contributed by atoms with Crippen LogP contribution in [0, 0.1) is 0 Å². The third-order valence-corrected chi connectivity index (χ3v) is 5.44. The van der Waals surface area contributed by atoms with Crippen molar-refractivity contribution in [2.75, 3.05) is 26.4 Å². The third-order valence-electron chi connectivity index (χ3n) is 3.86. The largest absolute Gasteiger partial charge is 0.339 e. The molecule has 1 aromatic rings. The number of hydrogen-bond donors (Lipinski definition) is 0. The molecule has 1 fully saturated rings. The van der Waals surface area contributed by atoms with Gasteiger partial charge >= 0.3 is 0 Å². The maximum Gasteiger partial charge on any atom is 0.253 e. The van der Waals surface area contributed by atoms with E-state index in [1.165, 1.54) is 10.6 Å². The number of benzene rings is 1. The van der Waals surface area contributed by atoms with Crippen LogP contribution in [0.1, 0.15) is 23.2 Å². The van der Waals surface area contributed by atoms with Crippen molar-refractivity contribution in [3.05, 3.63) is 34.9 Å². The van der Waals surface area contributed by atoms with E-state index in [2.05, 4.69) is 0 Å². The molecule has 0 N–H and O–H groups in total. The minimum Gasteiger partial charge on any atom is -0.339 e. The predicted molar refractivity (Wildman–Crippen MR) is 83.0 cm³/mol. The summed E-state index contributed by atoms with van der Waals surface area (Å²) >= 11 is 5.90. The van der Waals surface area contributed by atoms with Gasteiger partial charge in [-0.3, -0.25) is 4.79 Å². The van der Waals surface area contributed by atoms with Gasteiger partial charge in [-0.25, -0.2) is 12.7 Å². The summed E-state index contributed by atoms with van der Waals surface area (Å²) in [5, 5.41) is 0.535. The van der Waals surface area contributed by atoms with Crippen molar-refractivity contribution in [1.82, 2.24) is 9.21 Å². The molecule has 0 aliphatic carbocycles. The van der Waals surface area contributed by atoms with Crippen LogP contribution in [0.25, 0.3) is 0 Å². The summed E-state index contributed by atoms with van der Waals surface area (Å²) < 4.78 is 24.5. The van der Waals surface area contributed by atoms with Gasteiger partial charge in [0.25, 0.3) is 5.91 Å². The van der Waals surface area contributed by atoms with Crippen molar-refractivity contribution in [1.29, 1.82) is 0 Å². The number of likely N-dealkylation sites (tertiary alicyclic amines) is 1. The second-order valence-electron chi connectivity index (χ2n) is 5.31. The van der Waals surface area contributed by atoms with Crippen LogP contribution < -0.4 is 0 Å². The van der Waals surface area contributed by atoms with Gasteiger partial charge in [0.15, 0.2) is 0 Å². The van der Waals surface area contributed by atoms with E-state index in [0.29, 0.717) is 36.5 Å². The zero-order valence-corrected chi connectivity index (χ0v) is 13.7. The summed E-state index contributed by atoms with van der Waals surface area (Å²) in [6.07, 6.45) is 2.50. The molecule has 1 saturated heterocycles. The molecule has 1 amide bonds. The van der Waals surface area contributed by atoms with Crippen LogP contribution in [0.15, 0.2) is 24.3 Å². The molecule has 2 rings (SSSR count). The highest BCUT2D eigenvalue weighted by atomic mass is 35.5. The Hall–Kier alpha value is -1.11. The van der Waals surface area contributed by atoms with Gasteiger partial charge in [-0.05, 0) is 31.0 Å². The Labute approximate surface area is 130 Å². The Morgan fingerprint density at radius 3 is 2.48 bits per heavy atom. The second-order valence-corrected chi connectivity index (χ2v) is 7.79. The van der Waals surface area contributed by atoms with Crippen molar-refractivity contribution in [3.63, 3.8) is 0 Å². The van der Waals surface area contributed by atoms with Crippen LogP contribution in [0.5, 0.6) is 0 Å². The highest BCUT2D eigenvalue weighted by Gasteiger charge is 2.29. The number of nitrogens with zero attached hydrogens (tertiary/aromatic N) is 2. The first-order valence-corrected chi connectivity index (χ1v) is 8.99. The number of sulfonamides is 1. The average molecular weight is 331 g/mol. The molecule has 1 heterocycles. The van der Waals surface area contributed by atoms with E-state index in [4.69, 9.17) is 11.6 Å². The lowest BCUT2D eigenvalue weighted by molar-refractivity contribution is 0.0686. The number of carbonyl (C=O) groups excluding carboxylic acids is 1. The van der Waals surface area contributed by atoms with E-state index in [1.54, 1.807) is 36.2 Å². The van der Waals surface area contributed by atoms with Crippen LogP contribution >= 0.6 is 11.6 Å².